The number of nitrogens with one attached hydrogen (secondary N) is 1. The molecule has 1 nitrogen and oxygen atoms in total. The van der Waals surface area contributed by atoms with Crippen LogP contribution in [0.1, 0.15) is 71.1 Å². The van der Waals surface area contributed by atoms with Gasteiger partial charge in [-0.3, -0.25) is 0 Å². The highest BCUT2D eigenvalue weighted by Gasteiger charge is 2.04. The first-order valence-electron chi connectivity index (χ1n) is 8.43. The Bertz CT molecular complexity index is 361. The maximum atomic E-state index is 13.5. The molecule has 0 amide bonds. The number of benzene rings is 1. The predicted octanol–water partition coefficient (Wildman–Crippen LogP) is 6.81. The van der Waals surface area contributed by atoms with Crippen molar-refractivity contribution in [1.82, 2.24) is 0 Å². The zero-order valence-electron chi connectivity index (χ0n) is 13.3. The van der Waals surface area contributed by atoms with Crippen LogP contribution in [-0.4, -0.2) is 6.54 Å². The van der Waals surface area contributed by atoms with E-state index in [1.807, 2.05) is 0 Å². The van der Waals surface area contributed by atoms with Crippen molar-refractivity contribution in [3.8, 4) is 0 Å². The third-order valence-corrected chi connectivity index (χ3v) is 4.11. The topological polar surface area (TPSA) is 12.0 Å². The van der Waals surface area contributed by atoms with Crippen LogP contribution in [0, 0.1) is 5.82 Å². The average molecular weight is 314 g/mol. The first kappa shape index (κ1) is 18.3. The molecule has 21 heavy (non-hydrogen) atoms. The fraction of sp³-hybridized carbons (Fsp3) is 0.667. The molecule has 0 heterocycles. The molecule has 0 spiro atoms. The van der Waals surface area contributed by atoms with Gasteiger partial charge in [0.1, 0.15) is 5.82 Å². The minimum absolute atomic E-state index is 0.269. The summed E-state index contributed by atoms with van der Waals surface area (Å²) in [7, 11) is 0. The van der Waals surface area contributed by atoms with Crippen molar-refractivity contribution >= 4 is 17.3 Å². The molecule has 0 unspecified atom stereocenters. The summed E-state index contributed by atoms with van der Waals surface area (Å²) < 4.78 is 13.5. The van der Waals surface area contributed by atoms with E-state index in [0.717, 1.165) is 13.0 Å². The zero-order chi connectivity index (χ0) is 15.3. The van der Waals surface area contributed by atoms with Gasteiger partial charge in [0.2, 0.25) is 0 Å². The van der Waals surface area contributed by atoms with Gasteiger partial charge < -0.3 is 5.32 Å². The summed E-state index contributed by atoms with van der Waals surface area (Å²) in [5.74, 6) is -0.269. The van der Waals surface area contributed by atoms with Gasteiger partial charge in [0.25, 0.3) is 0 Å². The highest BCUT2D eigenvalue weighted by atomic mass is 35.5. The molecule has 0 bridgehead atoms. The van der Waals surface area contributed by atoms with Crippen molar-refractivity contribution in [1.29, 1.82) is 0 Å². The Labute approximate surface area is 134 Å². The van der Waals surface area contributed by atoms with Crippen LogP contribution in [0.15, 0.2) is 18.2 Å². The lowest BCUT2D eigenvalue weighted by molar-refractivity contribution is 0.559. The molecule has 0 radical (unpaired) electrons. The van der Waals surface area contributed by atoms with E-state index >= 15 is 0 Å². The van der Waals surface area contributed by atoms with Gasteiger partial charge in [-0.05, 0) is 18.6 Å². The van der Waals surface area contributed by atoms with E-state index in [4.69, 9.17) is 11.6 Å². The van der Waals surface area contributed by atoms with E-state index in [1.165, 1.54) is 63.9 Å². The quantitative estimate of drug-likeness (QED) is 0.418. The second-order valence-electron chi connectivity index (χ2n) is 5.71. The van der Waals surface area contributed by atoms with E-state index in [2.05, 4.69) is 12.2 Å². The van der Waals surface area contributed by atoms with Gasteiger partial charge in [-0.2, -0.15) is 0 Å². The number of hydrogen-bond acceptors (Lipinski definition) is 1. The monoisotopic (exact) mass is 313 g/mol. The number of hydrogen-bond donors (Lipinski definition) is 1. The smallest absolute Gasteiger partial charge is 0.147 e. The van der Waals surface area contributed by atoms with Crippen LogP contribution in [0.25, 0.3) is 0 Å². The molecular weight excluding hydrogens is 285 g/mol. The van der Waals surface area contributed by atoms with Gasteiger partial charge in [0, 0.05) is 6.54 Å². The average Bonchev–Trinajstić information content (AvgIpc) is 2.47. The fourth-order valence-corrected chi connectivity index (χ4v) is 2.72. The lowest BCUT2D eigenvalue weighted by atomic mass is 10.1. The van der Waals surface area contributed by atoms with Crippen molar-refractivity contribution in [3.63, 3.8) is 0 Å². The van der Waals surface area contributed by atoms with Gasteiger partial charge >= 0.3 is 0 Å². The lowest BCUT2D eigenvalue weighted by Crippen LogP contribution is -2.03. The molecule has 0 fully saturated rings. The van der Waals surface area contributed by atoms with Crippen molar-refractivity contribution in [3.05, 3.63) is 29.0 Å². The van der Waals surface area contributed by atoms with E-state index in [0.29, 0.717) is 10.7 Å². The predicted molar refractivity (Wildman–Crippen MR) is 91.7 cm³/mol. The summed E-state index contributed by atoms with van der Waals surface area (Å²) in [6.07, 6.45) is 13.1. The summed E-state index contributed by atoms with van der Waals surface area (Å²) in [5.41, 5.74) is 0.440. The van der Waals surface area contributed by atoms with Gasteiger partial charge in [-0.1, -0.05) is 82.4 Å². The van der Waals surface area contributed by atoms with Crippen LogP contribution >= 0.6 is 11.6 Å². The molecule has 0 saturated carbocycles. The van der Waals surface area contributed by atoms with E-state index in [1.54, 1.807) is 12.1 Å². The van der Waals surface area contributed by atoms with E-state index < -0.39 is 0 Å². The fourth-order valence-electron chi connectivity index (χ4n) is 2.49. The van der Waals surface area contributed by atoms with Crippen LogP contribution in [0.2, 0.25) is 5.02 Å². The maximum absolute atomic E-state index is 13.5. The largest absolute Gasteiger partial charge is 0.381 e. The number of anilines is 1. The summed E-state index contributed by atoms with van der Waals surface area (Å²) in [6.45, 7) is 3.04. The molecule has 1 aromatic rings. The molecule has 0 aliphatic carbocycles. The Morgan fingerprint density at radius 3 is 2.05 bits per heavy atom. The summed E-state index contributed by atoms with van der Waals surface area (Å²) >= 11 is 5.96. The Kier molecular flexibility index (Phi) is 10.3. The Morgan fingerprint density at radius 2 is 1.48 bits per heavy atom. The molecule has 0 aromatic heterocycles. The highest BCUT2D eigenvalue weighted by Crippen LogP contribution is 2.24. The van der Waals surface area contributed by atoms with E-state index in [9.17, 15) is 4.39 Å². The minimum atomic E-state index is -0.269. The van der Waals surface area contributed by atoms with Crippen molar-refractivity contribution in [2.45, 2.75) is 71.1 Å². The van der Waals surface area contributed by atoms with Crippen LogP contribution in [0.4, 0.5) is 10.1 Å². The first-order valence-corrected chi connectivity index (χ1v) is 8.81. The van der Waals surface area contributed by atoms with Crippen molar-refractivity contribution < 1.29 is 4.39 Å². The molecule has 0 atom stereocenters. The normalized spacial score (nSPS) is 10.8. The van der Waals surface area contributed by atoms with Gasteiger partial charge in [0.15, 0.2) is 0 Å². The standard InChI is InChI=1S/C18H29ClFN/c1-2-3-4-5-6-7-8-9-10-11-15-21-18-16(19)13-12-14-17(18)20/h12-14,21H,2-11,15H2,1H3. The second kappa shape index (κ2) is 11.9. The van der Waals surface area contributed by atoms with E-state index in [-0.39, 0.29) is 5.82 Å². The number of halogens is 2. The zero-order valence-corrected chi connectivity index (χ0v) is 14.0. The van der Waals surface area contributed by atoms with Crippen LogP contribution in [0.3, 0.4) is 0 Å². The Hall–Kier alpha value is -0.760. The first-order chi connectivity index (χ1) is 10.3. The molecular formula is C18H29ClFN. The maximum Gasteiger partial charge on any atom is 0.147 e. The SMILES string of the molecule is CCCCCCCCCCCCNc1c(F)cccc1Cl. The molecule has 3 heteroatoms. The Balaban J connectivity index is 1.95. The highest BCUT2D eigenvalue weighted by molar-refractivity contribution is 6.33. The minimum Gasteiger partial charge on any atom is -0.381 e. The molecule has 1 aromatic carbocycles. The third-order valence-electron chi connectivity index (χ3n) is 3.79. The summed E-state index contributed by atoms with van der Waals surface area (Å²) in [5, 5.41) is 3.56. The summed E-state index contributed by atoms with van der Waals surface area (Å²) in [6, 6.07) is 4.78. The Morgan fingerprint density at radius 1 is 0.905 bits per heavy atom. The number of rotatable bonds is 12. The second-order valence-corrected chi connectivity index (χ2v) is 6.11. The molecule has 1 N–H and O–H groups in total. The van der Waals surface area contributed by atoms with Crippen LogP contribution in [0.5, 0.6) is 0 Å². The number of unbranched alkanes of at least 4 members (excludes halogenated alkanes) is 9. The van der Waals surface area contributed by atoms with Crippen LogP contribution < -0.4 is 5.32 Å². The molecule has 0 aliphatic rings. The van der Waals surface area contributed by atoms with Gasteiger partial charge in [-0.15, -0.1) is 0 Å². The van der Waals surface area contributed by atoms with Crippen molar-refractivity contribution in [2.75, 3.05) is 11.9 Å². The molecule has 0 saturated heterocycles. The van der Waals surface area contributed by atoms with Gasteiger partial charge in [0.05, 0.1) is 10.7 Å². The molecule has 0 aliphatic heterocycles. The molecule has 120 valence electrons. The summed E-state index contributed by atoms with van der Waals surface area (Å²) in [4.78, 5) is 0. The van der Waals surface area contributed by atoms with Crippen molar-refractivity contribution in [2.24, 2.45) is 0 Å². The lowest BCUT2D eigenvalue weighted by Gasteiger charge is -2.09. The number of para-hydroxylation sites is 1. The van der Waals surface area contributed by atoms with Gasteiger partial charge in [-0.25, -0.2) is 4.39 Å². The third kappa shape index (κ3) is 8.31. The van der Waals surface area contributed by atoms with Crippen LogP contribution in [-0.2, 0) is 0 Å². The molecule has 1 rings (SSSR count).